The molecule has 0 aromatic carbocycles. The summed E-state index contributed by atoms with van der Waals surface area (Å²) in [6.07, 6.45) is 6.07. The molecule has 1 unspecified atom stereocenters. The summed E-state index contributed by atoms with van der Waals surface area (Å²) in [5.74, 6) is 2.22. The summed E-state index contributed by atoms with van der Waals surface area (Å²) < 4.78 is 1.83. The lowest BCUT2D eigenvalue weighted by Gasteiger charge is -2.08. The molecule has 0 spiro atoms. The molecule has 0 radical (unpaired) electrons. The van der Waals surface area contributed by atoms with Gasteiger partial charge in [0.1, 0.15) is 0 Å². The van der Waals surface area contributed by atoms with Crippen molar-refractivity contribution in [2.75, 3.05) is 11.5 Å². The summed E-state index contributed by atoms with van der Waals surface area (Å²) in [4.78, 5) is 0. The van der Waals surface area contributed by atoms with Crippen molar-refractivity contribution in [3.63, 3.8) is 0 Å². The highest BCUT2D eigenvalue weighted by atomic mass is 32.2. The molecule has 0 fully saturated rings. The van der Waals surface area contributed by atoms with Crippen LogP contribution in [-0.4, -0.2) is 27.3 Å². The second kappa shape index (κ2) is 6.09. The number of rotatable bonds is 6. The summed E-state index contributed by atoms with van der Waals surface area (Å²) in [5, 5.41) is 4.13. The number of hydrogen-bond donors (Lipinski definition) is 1. The minimum Gasteiger partial charge on any atom is -0.327 e. The fraction of sp³-hybridized carbons (Fsp3) is 0.700. The van der Waals surface area contributed by atoms with Crippen LogP contribution >= 0.6 is 11.8 Å². The van der Waals surface area contributed by atoms with Crippen LogP contribution in [0.15, 0.2) is 12.4 Å². The minimum atomic E-state index is 0.320. The van der Waals surface area contributed by atoms with Crippen LogP contribution < -0.4 is 5.73 Å². The maximum absolute atomic E-state index is 5.97. The highest BCUT2D eigenvalue weighted by molar-refractivity contribution is 7.99. The molecular formula is C10H19N3S. The number of aromatic nitrogens is 2. The van der Waals surface area contributed by atoms with Crippen LogP contribution in [0.3, 0.4) is 0 Å². The first kappa shape index (κ1) is 11.6. The van der Waals surface area contributed by atoms with Gasteiger partial charge >= 0.3 is 0 Å². The fourth-order valence-electron chi connectivity index (χ4n) is 1.31. The summed E-state index contributed by atoms with van der Waals surface area (Å²) >= 11 is 1.91. The molecule has 80 valence electrons. The highest BCUT2D eigenvalue weighted by Gasteiger charge is 2.03. The minimum absolute atomic E-state index is 0.320. The molecule has 0 aliphatic heterocycles. The van der Waals surface area contributed by atoms with Gasteiger partial charge in [-0.2, -0.15) is 16.9 Å². The molecule has 0 amide bonds. The van der Waals surface area contributed by atoms with Crippen molar-refractivity contribution in [1.29, 1.82) is 0 Å². The van der Waals surface area contributed by atoms with Gasteiger partial charge in [0.25, 0.3) is 0 Å². The van der Waals surface area contributed by atoms with E-state index in [1.165, 1.54) is 5.56 Å². The normalized spacial score (nSPS) is 13.1. The molecular weight excluding hydrogens is 194 g/mol. The van der Waals surface area contributed by atoms with E-state index in [9.17, 15) is 0 Å². The molecule has 14 heavy (non-hydrogen) atoms. The van der Waals surface area contributed by atoms with Gasteiger partial charge in [-0.05, 0) is 24.2 Å². The quantitative estimate of drug-likeness (QED) is 0.777. The third-order valence-corrected chi connectivity index (χ3v) is 3.17. The molecule has 4 heteroatoms. The Balaban J connectivity index is 2.20. The van der Waals surface area contributed by atoms with Crippen LogP contribution in [0.2, 0.25) is 0 Å². The Morgan fingerprint density at radius 1 is 1.64 bits per heavy atom. The Morgan fingerprint density at radius 2 is 2.43 bits per heavy atom. The van der Waals surface area contributed by atoms with Gasteiger partial charge in [0.15, 0.2) is 0 Å². The molecule has 3 nitrogen and oxygen atoms in total. The standard InChI is InChI=1S/C10H19N3S/c1-3-14-8-10(11)5-4-9-6-12-13(2)7-9/h6-7,10H,3-5,8,11H2,1-2H3. The Hall–Kier alpha value is -0.480. The monoisotopic (exact) mass is 213 g/mol. The Labute approximate surface area is 90.1 Å². The van der Waals surface area contributed by atoms with Gasteiger partial charge < -0.3 is 5.73 Å². The van der Waals surface area contributed by atoms with Crippen molar-refractivity contribution >= 4 is 11.8 Å². The van der Waals surface area contributed by atoms with E-state index < -0.39 is 0 Å². The van der Waals surface area contributed by atoms with Gasteiger partial charge in [-0.1, -0.05) is 6.92 Å². The Bertz CT molecular complexity index is 260. The average Bonchev–Trinajstić information content (AvgIpc) is 2.58. The topological polar surface area (TPSA) is 43.8 Å². The van der Waals surface area contributed by atoms with Gasteiger partial charge in [-0.15, -0.1) is 0 Å². The number of nitrogens with two attached hydrogens (primary N) is 1. The van der Waals surface area contributed by atoms with E-state index in [1.807, 2.05) is 29.7 Å². The van der Waals surface area contributed by atoms with Crippen LogP contribution in [0, 0.1) is 0 Å². The van der Waals surface area contributed by atoms with E-state index in [0.717, 1.165) is 24.3 Å². The zero-order chi connectivity index (χ0) is 10.4. The number of aryl methyl sites for hydroxylation is 2. The van der Waals surface area contributed by atoms with Crippen LogP contribution in [-0.2, 0) is 13.5 Å². The predicted octanol–water partition coefficient (Wildman–Crippen LogP) is 1.43. The molecule has 1 rings (SSSR count). The van der Waals surface area contributed by atoms with E-state index >= 15 is 0 Å². The molecule has 0 saturated heterocycles. The van der Waals surface area contributed by atoms with Crippen molar-refractivity contribution in [2.24, 2.45) is 12.8 Å². The summed E-state index contributed by atoms with van der Waals surface area (Å²) in [7, 11) is 1.94. The first-order valence-corrected chi connectivity index (χ1v) is 6.18. The first-order chi connectivity index (χ1) is 6.72. The average molecular weight is 213 g/mol. The molecule has 2 N–H and O–H groups in total. The van der Waals surface area contributed by atoms with E-state index in [4.69, 9.17) is 5.73 Å². The largest absolute Gasteiger partial charge is 0.327 e. The molecule has 0 aliphatic carbocycles. The van der Waals surface area contributed by atoms with Gasteiger partial charge in [-0.3, -0.25) is 4.68 Å². The van der Waals surface area contributed by atoms with Crippen LogP contribution in [0.5, 0.6) is 0 Å². The third kappa shape index (κ3) is 4.15. The lowest BCUT2D eigenvalue weighted by molar-refractivity contribution is 0.674. The van der Waals surface area contributed by atoms with Crippen molar-refractivity contribution in [1.82, 2.24) is 9.78 Å². The molecule has 1 heterocycles. The van der Waals surface area contributed by atoms with Crippen LogP contribution in [0.4, 0.5) is 0 Å². The number of nitrogens with zero attached hydrogens (tertiary/aromatic N) is 2. The highest BCUT2D eigenvalue weighted by Crippen LogP contribution is 2.07. The zero-order valence-corrected chi connectivity index (χ0v) is 9.76. The second-order valence-electron chi connectivity index (χ2n) is 3.48. The summed E-state index contributed by atoms with van der Waals surface area (Å²) in [6, 6.07) is 0.320. The van der Waals surface area contributed by atoms with Gasteiger partial charge in [0.2, 0.25) is 0 Å². The van der Waals surface area contributed by atoms with E-state index in [1.54, 1.807) is 0 Å². The SMILES string of the molecule is CCSCC(N)CCc1cnn(C)c1. The maximum Gasteiger partial charge on any atom is 0.0521 e. The van der Waals surface area contributed by atoms with Gasteiger partial charge in [0.05, 0.1) is 6.20 Å². The Morgan fingerprint density at radius 3 is 3.00 bits per heavy atom. The van der Waals surface area contributed by atoms with E-state index in [0.29, 0.717) is 6.04 Å². The lowest BCUT2D eigenvalue weighted by Crippen LogP contribution is -2.23. The van der Waals surface area contributed by atoms with Crippen molar-refractivity contribution in [3.05, 3.63) is 18.0 Å². The van der Waals surface area contributed by atoms with Gasteiger partial charge in [0, 0.05) is 25.0 Å². The summed E-state index contributed by atoms with van der Waals surface area (Å²) in [5.41, 5.74) is 7.25. The predicted molar refractivity (Wildman–Crippen MR) is 62.5 cm³/mol. The smallest absolute Gasteiger partial charge is 0.0521 e. The van der Waals surface area contributed by atoms with Gasteiger partial charge in [-0.25, -0.2) is 0 Å². The molecule has 0 bridgehead atoms. The van der Waals surface area contributed by atoms with Crippen molar-refractivity contribution in [3.8, 4) is 0 Å². The first-order valence-electron chi connectivity index (χ1n) is 5.03. The lowest BCUT2D eigenvalue weighted by atomic mass is 10.1. The second-order valence-corrected chi connectivity index (χ2v) is 4.80. The van der Waals surface area contributed by atoms with Crippen molar-refractivity contribution in [2.45, 2.75) is 25.8 Å². The molecule has 1 aromatic rings. The van der Waals surface area contributed by atoms with Crippen molar-refractivity contribution < 1.29 is 0 Å². The van der Waals surface area contributed by atoms with E-state index in [-0.39, 0.29) is 0 Å². The Kier molecular flexibility index (Phi) is 5.04. The third-order valence-electron chi connectivity index (χ3n) is 2.10. The molecule has 0 aliphatic rings. The number of thioether (sulfide) groups is 1. The number of hydrogen-bond acceptors (Lipinski definition) is 3. The molecule has 1 aromatic heterocycles. The molecule has 0 saturated carbocycles. The fourth-order valence-corrected chi connectivity index (χ4v) is 2.01. The van der Waals surface area contributed by atoms with Crippen LogP contribution in [0.25, 0.3) is 0 Å². The zero-order valence-electron chi connectivity index (χ0n) is 8.94. The summed E-state index contributed by atoms with van der Waals surface area (Å²) in [6.45, 7) is 2.17. The van der Waals surface area contributed by atoms with E-state index in [2.05, 4.69) is 18.2 Å². The maximum atomic E-state index is 5.97. The molecule has 1 atom stereocenters. The van der Waals surface area contributed by atoms with Crippen LogP contribution in [0.1, 0.15) is 18.9 Å².